The van der Waals surface area contributed by atoms with Gasteiger partial charge in [0.15, 0.2) is 5.03 Å². The van der Waals surface area contributed by atoms with Crippen molar-refractivity contribution in [3.05, 3.63) is 60.7 Å². The summed E-state index contributed by atoms with van der Waals surface area (Å²) in [6, 6.07) is 6.08. The first kappa shape index (κ1) is 18.7. The molecule has 146 valence electrons. The zero-order chi connectivity index (χ0) is 19.7. The van der Waals surface area contributed by atoms with Crippen LogP contribution in [0.3, 0.4) is 0 Å². The van der Waals surface area contributed by atoms with Crippen LogP contribution in [0.25, 0.3) is 11.3 Å². The van der Waals surface area contributed by atoms with Crippen molar-refractivity contribution in [3.8, 4) is 11.3 Å². The Morgan fingerprint density at radius 2 is 1.86 bits per heavy atom. The largest absolute Gasteiger partial charge is 0.339 e. The van der Waals surface area contributed by atoms with Crippen molar-refractivity contribution >= 4 is 10.0 Å². The third kappa shape index (κ3) is 3.55. The van der Waals surface area contributed by atoms with E-state index in [1.807, 2.05) is 0 Å². The van der Waals surface area contributed by atoms with E-state index in [-0.39, 0.29) is 16.8 Å². The summed E-state index contributed by atoms with van der Waals surface area (Å²) in [7, 11) is -1.93. The average Bonchev–Trinajstić information content (AvgIpc) is 3.16. The summed E-state index contributed by atoms with van der Waals surface area (Å²) < 4.78 is 42.2. The highest BCUT2D eigenvalue weighted by Gasteiger charge is 2.33. The lowest BCUT2D eigenvalue weighted by Gasteiger charge is -2.31. The Balaban J connectivity index is 1.65. The Morgan fingerprint density at radius 3 is 2.57 bits per heavy atom. The van der Waals surface area contributed by atoms with Gasteiger partial charge in [0.2, 0.25) is 0 Å². The van der Waals surface area contributed by atoms with Crippen LogP contribution >= 0.6 is 0 Å². The van der Waals surface area contributed by atoms with Crippen LogP contribution in [0.1, 0.15) is 24.5 Å². The van der Waals surface area contributed by atoms with E-state index in [2.05, 4.69) is 15.0 Å². The van der Waals surface area contributed by atoms with E-state index < -0.39 is 10.0 Å². The molecule has 0 amide bonds. The standard InChI is InChI=1S/C19H20FN5O2S/c1-24-12-17(23-13-24)28(26,27)25-10-2-3-15(11-25)19-18(21-8-9-22-19)14-4-6-16(20)7-5-14/h4-9,12-13,15H,2-3,10-11H2,1H3/t15-/m0/s1. The molecule has 7 nitrogen and oxygen atoms in total. The van der Waals surface area contributed by atoms with Crippen molar-refractivity contribution < 1.29 is 12.8 Å². The van der Waals surface area contributed by atoms with E-state index in [0.29, 0.717) is 18.8 Å². The topological polar surface area (TPSA) is 81.0 Å². The lowest BCUT2D eigenvalue weighted by molar-refractivity contribution is 0.312. The highest BCUT2D eigenvalue weighted by molar-refractivity contribution is 7.89. The van der Waals surface area contributed by atoms with Gasteiger partial charge in [0.05, 0.1) is 17.7 Å². The van der Waals surface area contributed by atoms with E-state index >= 15 is 0 Å². The third-order valence-electron chi connectivity index (χ3n) is 4.90. The van der Waals surface area contributed by atoms with Crippen LogP contribution < -0.4 is 0 Å². The Morgan fingerprint density at radius 1 is 1.11 bits per heavy atom. The smallest absolute Gasteiger partial charge is 0.262 e. The van der Waals surface area contributed by atoms with Gasteiger partial charge in [-0.15, -0.1) is 0 Å². The van der Waals surface area contributed by atoms with E-state index in [1.54, 1.807) is 36.1 Å². The number of aryl methyl sites for hydroxylation is 1. The number of nitrogens with zero attached hydrogens (tertiary/aromatic N) is 5. The summed E-state index contributed by atoms with van der Waals surface area (Å²) in [6.07, 6.45) is 7.70. The van der Waals surface area contributed by atoms with Gasteiger partial charge in [-0.3, -0.25) is 9.97 Å². The fourth-order valence-electron chi connectivity index (χ4n) is 3.52. The van der Waals surface area contributed by atoms with Crippen LogP contribution in [-0.4, -0.2) is 45.3 Å². The molecule has 0 saturated carbocycles. The van der Waals surface area contributed by atoms with Gasteiger partial charge in [0.25, 0.3) is 10.0 Å². The number of aromatic nitrogens is 4. The van der Waals surface area contributed by atoms with E-state index in [4.69, 9.17) is 0 Å². The minimum Gasteiger partial charge on any atom is -0.339 e. The molecular formula is C19H20FN5O2S. The molecule has 1 aliphatic rings. The number of imidazole rings is 1. The van der Waals surface area contributed by atoms with E-state index in [1.165, 1.54) is 29.0 Å². The molecule has 1 aliphatic heterocycles. The second-order valence-corrected chi connectivity index (χ2v) is 8.76. The maximum Gasteiger partial charge on any atom is 0.262 e. The van der Waals surface area contributed by atoms with Crippen LogP contribution in [0.15, 0.2) is 54.2 Å². The van der Waals surface area contributed by atoms with Crippen LogP contribution in [0.2, 0.25) is 0 Å². The number of halogens is 1. The van der Waals surface area contributed by atoms with E-state index in [9.17, 15) is 12.8 Å². The molecule has 0 bridgehead atoms. The van der Waals surface area contributed by atoms with Crippen molar-refractivity contribution in [1.82, 2.24) is 23.8 Å². The highest BCUT2D eigenvalue weighted by Crippen LogP contribution is 2.33. The predicted octanol–water partition coefficient (Wildman–Crippen LogP) is 2.58. The molecule has 0 spiro atoms. The molecule has 9 heteroatoms. The molecule has 1 aromatic carbocycles. The van der Waals surface area contributed by atoms with Crippen LogP contribution in [0.4, 0.5) is 4.39 Å². The second-order valence-electron chi connectivity index (χ2n) is 6.88. The first-order valence-corrected chi connectivity index (χ1v) is 10.4. The quantitative estimate of drug-likeness (QED) is 0.671. The van der Waals surface area contributed by atoms with Gasteiger partial charge in [0.1, 0.15) is 5.82 Å². The summed E-state index contributed by atoms with van der Waals surface area (Å²) in [5.41, 5.74) is 2.15. The first-order valence-electron chi connectivity index (χ1n) is 9.00. The summed E-state index contributed by atoms with van der Waals surface area (Å²) in [4.78, 5) is 12.9. The first-order chi connectivity index (χ1) is 13.4. The van der Waals surface area contributed by atoms with Crippen molar-refractivity contribution in [2.75, 3.05) is 13.1 Å². The maximum atomic E-state index is 13.3. The molecule has 1 fully saturated rings. The Bertz CT molecular complexity index is 1080. The predicted molar refractivity (Wildman–Crippen MR) is 101 cm³/mol. The normalized spacial score (nSPS) is 18.3. The van der Waals surface area contributed by atoms with Gasteiger partial charge in [-0.1, -0.05) is 0 Å². The number of hydrogen-bond donors (Lipinski definition) is 0. The van der Waals surface area contributed by atoms with Gasteiger partial charge in [-0.2, -0.15) is 4.31 Å². The Kier molecular flexibility index (Phi) is 4.94. The Hall–Kier alpha value is -2.65. The number of sulfonamides is 1. The molecule has 1 atom stereocenters. The molecule has 3 heterocycles. The van der Waals surface area contributed by atoms with Crippen LogP contribution in [0, 0.1) is 5.82 Å². The second kappa shape index (κ2) is 7.40. The van der Waals surface area contributed by atoms with Gasteiger partial charge in [0, 0.05) is 50.2 Å². The molecule has 0 N–H and O–H groups in total. The monoisotopic (exact) mass is 401 g/mol. The lowest BCUT2D eigenvalue weighted by Crippen LogP contribution is -2.39. The average molecular weight is 401 g/mol. The molecule has 4 rings (SSSR count). The van der Waals surface area contributed by atoms with Crippen molar-refractivity contribution in [3.63, 3.8) is 0 Å². The third-order valence-corrected chi connectivity index (χ3v) is 6.65. The molecular weight excluding hydrogens is 381 g/mol. The van der Waals surface area contributed by atoms with Gasteiger partial charge in [-0.05, 0) is 37.1 Å². The molecule has 0 radical (unpaired) electrons. The molecule has 1 saturated heterocycles. The fourth-order valence-corrected chi connectivity index (χ4v) is 5.01. The Labute approximate surface area is 162 Å². The van der Waals surface area contributed by atoms with E-state index in [0.717, 1.165) is 24.1 Å². The zero-order valence-electron chi connectivity index (χ0n) is 15.4. The van der Waals surface area contributed by atoms with Gasteiger partial charge < -0.3 is 4.57 Å². The van der Waals surface area contributed by atoms with Crippen LogP contribution in [0.5, 0.6) is 0 Å². The summed E-state index contributed by atoms with van der Waals surface area (Å²) >= 11 is 0. The number of rotatable bonds is 4. The highest BCUT2D eigenvalue weighted by atomic mass is 32.2. The van der Waals surface area contributed by atoms with Gasteiger partial charge in [-0.25, -0.2) is 17.8 Å². The van der Waals surface area contributed by atoms with Crippen LogP contribution in [-0.2, 0) is 17.1 Å². The fraction of sp³-hybridized carbons (Fsp3) is 0.316. The molecule has 3 aromatic rings. The summed E-state index contributed by atoms with van der Waals surface area (Å²) in [5.74, 6) is -0.416. The zero-order valence-corrected chi connectivity index (χ0v) is 16.2. The minimum absolute atomic E-state index is 0.0496. The van der Waals surface area contributed by atoms with Crippen molar-refractivity contribution in [1.29, 1.82) is 0 Å². The number of hydrogen-bond acceptors (Lipinski definition) is 5. The lowest BCUT2D eigenvalue weighted by atomic mass is 9.92. The summed E-state index contributed by atoms with van der Waals surface area (Å²) in [5, 5.41) is 0.0496. The molecule has 0 unspecified atom stereocenters. The molecule has 0 aliphatic carbocycles. The minimum atomic E-state index is -3.66. The van der Waals surface area contributed by atoms with Crippen molar-refractivity contribution in [2.24, 2.45) is 7.05 Å². The molecule has 28 heavy (non-hydrogen) atoms. The number of benzene rings is 1. The van der Waals surface area contributed by atoms with Gasteiger partial charge >= 0.3 is 0 Å². The van der Waals surface area contributed by atoms with Crippen molar-refractivity contribution in [2.45, 2.75) is 23.8 Å². The SMILES string of the molecule is Cn1cnc(S(=O)(=O)N2CCC[C@H](c3nccnc3-c3ccc(F)cc3)C2)c1. The molecule has 2 aromatic heterocycles. The number of piperidine rings is 1. The maximum absolute atomic E-state index is 13.3. The summed E-state index contributed by atoms with van der Waals surface area (Å²) in [6.45, 7) is 0.757.